The van der Waals surface area contributed by atoms with Gasteiger partial charge in [-0.3, -0.25) is 9.59 Å². The van der Waals surface area contributed by atoms with Crippen molar-refractivity contribution < 1.29 is 14.3 Å². The summed E-state index contributed by atoms with van der Waals surface area (Å²) in [5.74, 6) is 0.181. The number of thioether (sulfide) groups is 1. The molecule has 1 N–H and O–H groups in total. The summed E-state index contributed by atoms with van der Waals surface area (Å²) in [6, 6.07) is 22.8. The fourth-order valence-corrected chi connectivity index (χ4v) is 5.40. The first-order valence-corrected chi connectivity index (χ1v) is 13.1. The van der Waals surface area contributed by atoms with Crippen molar-refractivity contribution in [2.24, 2.45) is 10.1 Å². The van der Waals surface area contributed by atoms with Crippen molar-refractivity contribution in [3.63, 3.8) is 0 Å². The summed E-state index contributed by atoms with van der Waals surface area (Å²) in [6.07, 6.45) is 0.669. The van der Waals surface area contributed by atoms with Crippen LogP contribution in [0, 0.1) is 6.92 Å². The predicted octanol–water partition coefficient (Wildman–Crippen LogP) is 5.83. The van der Waals surface area contributed by atoms with Crippen LogP contribution in [0.3, 0.4) is 0 Å². The topological polar surface area (TPSA) is 83.4 Å². The van der Waals surface area contributed by atoms with Crippen molar-refractivity contribution in [3.8, 4) is 5.75 Å². The van der Waals surface area contributed by atoms with Gasteiger partial charge >= 0.3 is 0 Å². The van der Waals surface area contributed by atoms with Crippen LogP contribution < -0.4 is 10.1 Å². The average molecular weight is 533 g/mol. The Morgan fingerprint density at radius 3 is 2.46 bits per heavy atom. The quantitative estimate of drug-likeness (QED) is 0.431. The lowest BCUT2D eigenvalue weighted by molar-refractivity contribution is -0.121. The molecule has 3 aromatic carbocycles. The molecule has 0 fully saturated rings. The maximum Gasteiger partial charge on any atom is 0.262 e. The van der Waals surface area contributed by atoms with Gasteiger partial charge in [0, 0.05) is 23.6 Å². The molecule has 0 radical (unpaired) electrons. The number of hydrogen-bond acceptors (Lipinski definition) is 6. The van der Waals surface area contributed by atoms with E-state index in [-0.39, 0.29) is 24.3 Å². The van der Waals surface area contributed by atoms with Gasteiger partial charge in [0.1, 0.15) is 11.0 Å². The number of nitrogens with one attached hydrogen (secondary N) is 1. The van der Waals surface area contributed by atoms with E-state index in [9.17, 15) is 9.59 Å². The second-order valence-corrected chi connectivity index (χ2v) is 10.5. The Bertz CT molecular complexity index is 1370. The van der Waals surface area contributed by atoms with Crippen molar-refractivity contribution >= 4 is 51.7 Å². The lowest BCUT2D eigenvalue weighted by atomic mass is 9.98. The fourth-order valence-electron chi connectivity index (χ4n) is 4.21. The van der Waals surface area contributed by atoms with Crippen molar-refractivity contribution in [2.75, 3.05) is 12.4 Å². The standard InChI is InChI=1S/C28H25ClN4O3S/c1-17-3-5-19(6-4-17)24-15-23(18-7-13-22(36-2)14-8-18)32-33(24)28-31-27(35)25(37-28)16-26(34)30-21-11-9-20(29)10-12-21/h3-14,24-25H,15-16H2,1-2H3,(H,30,34)/t24-,25+/m1/s1. The largest absolute Gasteiger partial charge is 0.497 e. The highest BCUT2D eigenvalue weighted by Crippen LogP contribution is 2.39. The molecule has 188 valence electrons. The van der Waals surface area contributed by atoms with E-state index < -0.39 is 5.25 Å². The molecule has 2 heterocycles. The molecule has 0 unspecified atom stereocenters. The Kier molecular flexibility index (Phi) is 7.30. The second kappa shape index (κ2) is 10.8. The zero-order valence-electron chi connectivity index (χ0n) is 20.3. The number of ether oxygens (including phenoxy) is 1. The van der Waals surface area contributed by atoms with Crippen molar-refractivity contribution in [3.05, 3.63) is 94.5 Å². The smallest absolute Gasteiger partial charge is 0.262 e. The summed E-state index contributed by atoms with van der Waals surface area (Å²) in [6.45, 7) is 2.05. The first-order valence-electron chi connectivity index (χ1n) is 11.8. The minimum atomic E-state index is -0.610. The van der Waals surface area contributed by atoms with E-state index in [1.54, 1.807) is 31.4 Å². The van der Waals surface area contributed by atoms with Crippen LogP contribution in [0.25, 0.3) is 0 Å². The lowest BCUT2D eigenvalue weighted by Crippen LogP contribution is -2.25. The number of halogens is 1. The number of amides is 2. The predicted molar refractivity (Wildman–Crippen MR) is 148 cm³/mol. The van der Waals surface area contributed by atoms with Crippen molar-refractivity contribution in [1.82, 2.24) is 5.01 Å². The first-order chi connectivity index (χ1) is 17.9. The number of amidine groups is 1. The number of carbonyl (C=O) groups is 2. The fraction of sp³-hybridized carbons (Fsp3) is 0.214. The molecular weight excluding hydrogens is 508 g/mol. The SMILES string of the molecule is COc1ccc(C2=NN(C3=NC(=O)[C@H](CC(=O)Nc4ccc(Cl)cc4)S3)[C@@H](c3ccc(C)cc3)C2)cc1. The Morgan fingerprint density at radius 1 is 1.08 bits per heavy atom. The maximum atomic E-state index is 12.8. The molecule has 0 bridgehead atoms. The molecular formula is C28H25ClN4O3S. The Hall–Kier alpha value is -3.62. The minimum absolute atomic E-state index is 0.0111. The van der Waals surface area contributed by atoms with E-state index in [0.717, 1.165) is 22.6 Å². The third-order valence-electron chi connectivity index (χ3n) is 6.22. The number of nitrogens with zero attached hydrogens (tertiary/aromatic N) is 3. The monoisotopic (exact) mass is 532 g/mol. The number of anilines is 1. The summed E-state index contributed by atoms with van der Waals surface area (Å²) in [5.41, 5.74) is 4.75. The van der Waals surface area contributed by atoms with Crippen LogP contribution in [-0.2, 0) is 9.59 Å². The van der Waals surface area contributed by atoms with Gasteiger partial charge < -0.3 is 10.1 Å². The van der Waals surface area contributed by atoms with Crippen LogP contribution in [0.4, 0.5) is 5.69 Å². The number of methoxy groups -OCH3 is 1. The lowest BCUT2D eigenvalue weighted by Gasteiger charge is -2.23. The molecule has 0 aromatic heterocycles. The highest BCUT2D eigenvalue weighted by molar-refractivity contribution is 8.15. The van der Waals surface area contributed by atoms with Crippen LogP contribution >= 0.6 is 23.4 Å². The molecule has 9 heteroatoms. The number of benzene rings is 3. The molecule has 2 aliphatic rings. The zero-order valence-corrected chi connectivity index (χ0v) is 21.9. The van der Waals surface area contributed by atoms with E-state index >= 15 is 0 Å². The third-order valence-corrected chi connectivity index (χ3v) is 7.61. The van der Waals surface area contributed by atoms with Crippen LogP contribution in [0.2, 0.25) is 5.02 Å². The van der Waals surface area contributed by atoms with Gasteiger partial charge in [-0.25, -0.2) is 5.01 Å². The number of hydrazone groups is 1. The van der Waals surface area contributed by atoms with Gasteiger partial charge in [-0.1, -0.05) is 53.2 Å². The van der Waals surface area contributed by atoms with Crippen LogP contribution in [0.5, 0.6) is 5.75 Å². The van der Waals surface area contributed by atoms with E-state index in [1.165, 1.54) is 17.3 Å². The highest BCUT2D eigenvalue weighted by Gasteiger charge is 2.39. The zero-order chi connectivity index (χ0) is 25.9. The Morgan fingerprint density at radius 2 is 1.78 bits per heavy atom. The van der Waals surface area contributed by atoms with Gasteiger partial charge in [0.25, 0.3) is 5.91 Å². The molecule has 2 aliphatic heterocycles. The van der Waals surface area contributed by atoms with E-state index in [2.05, 4.69) is 34.6 Å². The number of aliphatic imine (C=N–C) groups is 1. The number of aryl methyl sites for hydroxylation is 1. The van der Waals surface area contributed by atoms with Gasteiger partial charge in [0.2, 0.25) is 5.91 Å². The maximum absolute atomic E-state index is 12.8. The molecule has 0 saturated heterocycles. The number of hydrogen-bond donors (Lipinski definition) is 1. The molecule has 0 spiro atoms. The molecule has 3 aromatic rings. The average Bonchev–Trinajstić information content (AvgIpc) is 3.50. The van der Waals surface area contributed by atoms with Gasteiger partial charge in [-0.15, -0.1) is 0 Å². The normalized spacial score (nSPS) is 19.0. The van der Waals surface area contributed by atoms with Gasteiger partial charge in [0.15, 0.2) is 5.17 Å². The first kappa shape index (κ1) is 25.0. The van der Waals surface area contributed by atoms with Crippen LogP contribution in [0.15, 0.2) is 82.9 Å². The highest BCUT2D eigenvalue weighted by atomic mass is 35.5. The van der Waals surface area contributed by atoms with E-state index in [4.69, 9.17) is 21.4 Å². The van der Waals surface area contributed by atoms with Gasteiger partial charge in [-0.2, -0.15) is 10.1 Å². The molecule has 2 atom stereocenters. The second-order valence-electron chi connectivity index (χ2n) is 8.85. The van der Waals surface area contributed by atoms with E-state index in [1.807, 2.05) is 36.2 Å². The van der Waals surface area contributed by atoms with Crippen LogP contribution in [0.1, 0.15) is 35.6 Å². The molecule has 0 aliphatic carbocycles. The summed E-state index contributed by atoms with van der Waals surface area (Å²) in [7, 11) is 1.63. The molecule has 7 nitrogen and oxygen atoms in total. The Balaban J connectivity index is 1.35. The number of carbonyl (C=O) groups excluding carboxylic acids is 2. The third kappa shape index (κ3) is 5.70. The Labute approximate surface area is 224 Å². The number of rotatable bonds is 6. The summed E-state index contributed by atoms with van der Waals surface area (Å²) in [5, 5.41) is 10.0. The van der Waals surface area contributed by atoms with Crippen molar-refractivity contribution in [2.45, 2.75) is 31.1 Å². The summed E-state index contributed by atoms with van der Waals surface area (Å²) >= 11 is 7.19. The summed E-state index contributed by atoms with van der Waals surface area (Å²) < 4.78 is 5.29. The molecule has 2 amide bonds. The van der Waals surface area contributed by atoms with E-state index in [0.29, 0.717) is 22.3 Å². The molecule has 5 rings (SSSR count). The van der Waals surface area contributed by atoms with Crippen LogP contribution in [-0.4, -0.2) is 40.1 Å². The molecule has 0 saturated carbocycles. The van der Waals surface area contributed by atoms with Crippen molar-refractivity contribution in [1.29, 1.82) is 0 Å². The van der Waals surface area contributed by atoms with Gasteiger partial charge in [-0.05, 0) is 66.6 Å². The van der Waals surface area contributed by atoms with Gasteiger partial charge in [0.05, 0.1) is 18.9 Å². The molecule has 37 heavy (non-hydrogen) atoms. The minimum Gasteiger partial charge on any atom is -0.497 e. The summed E-state index contributed by atoms with van der Waals surface area (Å²) in [4.78, 5) is 29.7.